The summed E-state index contributed by atoms with van der Waals surface area (Å²) >= 11 is 3.41. The van der Waals surface area contributed by atoms with Crippen molar-refractivity contribution in [3.63, 3.8) is 0 Å². The van der Waals surface area contributed by atoms with Crippen LogP contribution in [0.5, 0.6) is 11.5 Å². The molecule has 6 heteroatoms. The van der Waals surface area contributed by atoms with E-state index in [2.05, 4.69) is 21.2 Å². The number of nitrogens with zero attached hydrogens (tertiary/aromatic N) is 1. The van der Waals surface area contributed by atoms with E-state index in [1.54, 1.807) is 37.4 Å². The van der Waals surface area contributed by atoms with E-state index in [9.17, 15) is 10.1 Å². The molecule has 0 saturated carbocycles. The number of nitrogens with one attached hydrogen (secondary N) is 1. The molecule has 0 aliphatic heterocycles. The van der Waals surface area contributed by atoms with Gasteiger partial charge in [-0.3, -0.25) is 4.79 Å². The average molecular weight is 477 g/mol. The molecule has 5 nitrogen and oxygen atoms in total. The van der Waals surface area contributed by atoms with Gasteiger partial charge < -0.3 is 14.8 Å². The lowest BCUT2D eigenvalue weighted by Gasteiger charge is -2.12. The van der Waals surface area contributed by atoms with Crippen LogP contribution in [0.15, 0.2) is 76.8 Å². The van der Waals surface area contributed by atoms with Gasteiger partial charge >= 0.3 is 0 Å². The molecular formula is C25H21BrN2O3. The summed E-state index contributed by atoms with van der Waals surface area (Å²) in [5, 5.41) is 12.2. The Labute approximate surface area is 190 Å². The monoisotopic (exact) mass is 476 g/mol. The Hall–Kier alpha value is -3.56. The average Bonchev–Trinajstić information content (AvgIpc) is 2.78. The van der Waals surface area contributed by atoms with Crippen LogP contribution in [-0.4, -0.2) is 13.0 Å². The Kier molecular flexibility index (Phi) is 7.47. The predicted molar refractivity (Wildman–Crippen MR) is 125 cm³/mol. The highest BCUT2D eigenvalue weighted by molar-refractivity contribution is 9.10. The second-order valence-corrected chi connectivity index (χ2v) is 7.73. The molecule has 1 amide bonds. The number of ether oxygens (including phenoxy) is 2. The summed E-state index contributed by atoms with van der Waals surface area (Å²) < 4.78 is 12.3. The standard InChI is InChI=1S/C25H21BrN2O3/c1-17-3-10-22(11-4-17)28-25(29)20(15-27)13-19-7-12-23(30-2)24(14-19)31-16-18-5-8-21(26)9-6-18/h3-14H,16H2,1-2H3,(H,28,29)/b20-13+. The van der Waals surface area contributed by atoms with Gasteiger partial charge in [0.15, 0.2) is 11.5 Å². The normalized spacial score (nSPS) is 10.8. The molecule has 1 N–H and O–H groups in total. The Balaban J connectivity index is 1.78. The molecule has 31 heavy (non-hydrogen) atoms. The zero-order valence-corrected chi connectivity index (χ0v) is 18.8. The van der Waals surface area contributed by atoms with Crippen LogP contribution in [0.25, 0.3) is 6.08 Å². The van der Waals surface area contributed by atoms with Crippen molar-refractivity contribution in [2.24, 2.45) is 0 Å². The van der Waals surface area contributed by atoms with Crippen LogP contribution in [0.4, 0.5) is 5.69 Å². The minimum absolute atomic E-state index is 0.00963. The lowest BCUT2D eigenvalue weighted by atomic mass is 10.1. The Bertz CT molecular complexity index is 1130. The Morgan fingerprint density at radius 3 is 2.42 bits per heavy atom. The van der Waals surface area contributed by atoms with Crippen molar-refractivity contribution in [1.82, 2.24) is 0 Å². The summed E-state index contributed by atoms with van der Waals surface area (Å²) in [7, 11) is 1.56. The lowest BCUT2D eigenvalue weighted by Crippen LogP contribution is -2.13. The van der Waals surface area contributed by atoms with E-state index in [1.165, 1.54) is 6.08 Å². The smallest absolute Gasteiger partial charge is 0.266 e. The molecule has 0 bridgehead atoms. The van der Waals surface area contributed by atoms with Gasteiger partial charge in [-0.1, -0.05) is 51.8 Å². The van der Waals surface area contributed by atoms with E-state index in [1.807, 2.05) is 49.4 Å². The van der Waals surface area contributed by atoms with Crippen LogP contribution in [0.3, 0.4) is 0 Å². The van der Waals surface area contributed by atoms with Crippen LogP contribution in [0.2, 0.25) is 0 Å². The zero-order valence-electron chi connectivity index (χ0n) is 17.2. The molecule has 0 saturated heterocycles. The summed E-state index contributed by atoms with van der Waals surface area (Å²) in [6.07, 6.45) is 1.52. The number of nitriles is 1. The third-order valence-electron chi connectivity index (χ3n) is 4.48. The largest absolute Gasteiger partial charge is 0.493 e. The minimum Gasteiger partial charge on any atom is -0.493 e. The summed E-state index contributed by atoms with van der Waals surface area (Å²) in [5.74, 6) is 0.617. The SMILES string of the molecule is COc1ccc(/C=C(\C#N)C(=O)Nc2ccc(C)cc2)cc1OCc1ccc(Br)cc1. The van der Waals surface area contributed by atoms with Crippen LogP contribution in [0, 0.1) is 18.3 Å². The van der Waals surface area contributed by atoms with Crippen molar-refractivity contribution < 1.29 is 14.3 Å². The van der Waals surface area contributed by atoms with Gasteiger partial charge in [0.05, 0.1) is 7.11 Å². The first-order valence-corrected chi connectivity index (χ1v) is 10.3. The van der Waals surface area contributed by atoms with Gasteiger partial charge in [0.2, 0.25) is 0 Å². The van der Waals surface area contributed by atoms with Crippen LogP contribution in [0.1, 0.15) is 16.7 Å². The molecular weight excluding hydrogens is 456 g/mol. The van der Waals surface area contributed by atoms with Crippen LogP contribution < -0.4 is 14.8 Å². The maximum Gasteiger partial charge on any atom is 0.266 e. The van der Waals surface area contributed by atoms with Crippen molar-refractivity contribution in [3.05, 3.63) is 93.5 Å². The number of methoxy groups -OCH3 is 1. The van der Waals surface area contributed by atoms with Gasteiger partial charge in [-0.2, -0.15) is 5.26 Å². The van der Waals surface area contributed by atoms with Gasteiger partial charge in [-0.05, 0) is 60.5 Å². The second kappa shape index (κ2) is 10.5. The van der Waals surface area contributed by atoms with Gasteiger partial charge in [0.1, 0.15) is 18.2 Å². The fourth-order valence-corrected chi connectivity index (χ4v) is 3.05. The predicted octanol–water partition coefficient (Wildman–Crippen LogP) is 5.89. The summed E-state index contributed by atoms with van der Waals surface area (Å²) in [4.78, 5) is 12.5. The van der Waals surface area contributed by atoms with E-state index in [0.717, 1.165) is 15.6 Å². The first kappa shape index (κ1) is 22.1. The number of aryl methyl sites for hydroxylation is 1. The number of rotatable bonds is 7. The summed E-state index contributed by atoms with van der Waals surface area (Å²) in [5.41, 5.74) is 3.36. The van der Waals surface area contributed by atoms with Gasteiger partial charge in [0, 0.05) is 10.2 Å². The van der Waals surface area contributed by atoms with E-state index in [0.29, 0.717) is 29.4 Å². The molecule has 0 aliphatic carbocycles. The number of carbonyl (C=O) groups excluding carboxylic acids is 1. The first-order chi connectivity index (χ1) is 15.0. The molecule has 0 heterocycles. The van der Waals surface area contributed by atoms with Crippen molar-refractivity contribution in [2.75, 3.05) is 12.4 Å². The highest BCUT2D eigenvalue weighted by Gasteiger charge is 2.11. The Morgan fingerprint density at radius 2 is 1.77 bits per heavy atom. The third kappa shape index (κ3) is 6.21. The number of hydrogen-bond acceptors (Lipinski definition) is 4. The molecule has 0 radical (unpaired) electrons. The number of carbonyl (C=O) groups is 1. The number of benzene rings is 3. The molecule has 3 aromatic carbocycles. The molecule has 156 valence electrons. The number of hydrogen-bond donors (Lipinski definition) is 1. The van der Waals surface area contributed by atoms with Crippen molar-refractivity contribution in [2.45, 2.75) is 13.5 Å². The second-order valence-electron chi connectivity index (χ2n) is 6.82. The van der Waals surface area contributed by atoms with Gasteiger partial charge in [-0.25, -0.2) is 0 Å². The van der Waals surface area contributed by atoms with E-state index >= 15 is 0 Å². The molecule has 0 fully saturated rings. The first-order valence-electron chi connectivity index (χ1n) is 9.53. The summed E-state index contributed by atoms with van der Waals surface area (Å²) in [6.45, 7) is 2.32. The third-order valence-corrected chi connectivity index (χ3v) is 5.01. The molecule has 3 rings (SSSR count). The zero-order chi connectivity index (χ0) is 22.2. The van der Waals surface area contributed by atoms with Crippen molar-refractivity contribution in [1.29, 1.82) is 5.26 Å². The molecule has 0 spiro atoms. The fourth-order valence-electron chi connectivity index (χ4n) is 2.79. The fraction of sp³-hybridized carbons (Fsp3) is 0.120. The lowest BCUT2D eigenvalue weighted by molar-refractivity contribution is -0.112. The number of halogens is 1. The van der Waals surface area contributed by atoms with Gasteiger partial charge in [-0.15, -0.1) is 0 Å². The van der Waals surface area contributed by atoms with E-state index < -0.39 is 5.91 Å². The molecule has 0 aliphatic rings. The van der Waals surface area contributed by atoms with Gasteiger partial charge in [0.25, 0.3) is 5.91 Å². The quantitative estimate of drug-likeness (QED) is 0.340. The van der Waals surface area contributed by atoms with E-state index in [4.69, 9.17) is 9.47 Å². The maximum absolute atomic E-state index is 12.5. The highest BCUT2D eigenvalue weighted by Crippen LogP contribution is 2.30. The maximum atomic E-state index is 12.5. The molecule has 0 atom stereocenters. The molecule has 0 unspecified atom stereocenters. The number of anilines is 1. The summed E-state index contributed by atoms with van der Waals surface area (Å²) in [6, 6.07) is 22.4. The van der Waals surface area contributed by atoms with Crippen molar-refractivity contribution in [3.8, 4) is 17.6 Å². The van der Waals surface area contributed by atoms with Crippen LogP contribution in [-0.2, 0) is 11.4 Å². The molecule has 0 aromatic heterocycles. The number of amides is 1. The topological polar surface area (TPSA) is 71.3 Å². The minimum atomic E-state index is -0.473. The Morgan fingerprint density at radius 1 is 1.06 bits per heavy atom. The highest BCUT2D eigenvalue weighted by atomic mass is 79.9. The van der Waals surface area contributed by atoms with E-state index in [-0.39, 0.29) is 5.57 Å². The molecule has 3 aromatic rings. The van der Waals surface area contributed by atoms with Crippen molar-refractivity contribution >= 4 is 33.6 Å². The van der Waals surface area contributed by atoms with Crippen LogP contribution >= 0.6 is 15.9 Å².